The van der Waals surface area contributed by atoms with E-state index in [1.165, 1.54) is 18.0 Å². The zero-order chi connectivity index (χ0) is 19.4. The molecule has 0 aliphatic carbocycles. The molecule has 0 aliphatic heterocycles. The van der Waals surface area contributed by atoms with E-state index in [4.69, 9.17) is 0 Å². The lowest BCUT2D eigenvalue weighted by Crippen LogP contribution is -2.26. The van der Waals surface area contributed by atoms with Crippen LogP contribution >= 0.6 is 11.8 Å². The van der Waals surface area contributed by atoms with Gasteiger partial charge in [-0.25, -0.2) is 21.6 Å². The van der Waals surface area contributed by atoms with Crippen LogP contribution in [0.2, 0.25) is 0 Å². The van der Waals surface area contributed by atoms with Crippen LogP contribution in [0.15, 0.2) is 41.3 Å². The summed E-state index contributed by atoms with van der Waals surface area (Å²) < 4.78 is 50.1. The summed E-state index contributed by atoms with van der Waals surface area (Å²) in [5.41, 5.74) is 0.955. The second kappa shape index (κ2) is 8.60. The highest BCUT2D eigenvalue weighted by atomic mass is 32.2. The molecule has 2 aromatic carbocycles. The van der Waals surface area contributed by atoms with Crippen LogP contribution in [0.4, 0.5) is 5.69 Å². The van der Waals surface area contributed by atoms with Crippen LogP contribution in [0.25, 0.3) is 10.8 Å². The van der Waals surface area contributed by atoms with E-state index in [-0.39, 0.29) is 17.2 Å². The van der Waals surface area contributed by atoms with E-state index in [1.807, 2.05) is 37.2 Å². The standard InChI is InChI=1S/C17H24N2O4S3/c1-19(2)16-8-4-7-15-14(16)6-5-9-17(15)26(22,23)18-10-11-24-12-13-25(3,20)21/h4-9,18H,10-13H2,1-3H3. The van der Waals surface area contributed by atoms with Crippen LogP contribution in [0.3, 0.4) is 0 Å². The molecule has 0 amide bonds. The second-order valence-electron chi connectivity index (χ2n) is 6.16. The summed E-state index contributed by atoms with van der Waals surface area (Å²) in [5, 5.41) is 1.55. The topological polar surface area (TPSA) is 83.6 Å². The molecule has 0 atom stereocenters. The number of anilines is 1. The highest BCUT2D eigenvalue weighted by Crippen LogP contribution is 2.30. The molecule has 0 unspecified atom stereocenters. The molecule has 0 saturated carbocycles. The van der Waals surface area contributed by atoms with E-state index in [2.05, 4.69) is 4.72 Å². The van der Waals surface area contributed by atoms with Crippen LogP contribution in [-0.2, 0) is 19.9 Å². The number of hydrogen-bond donors (Lipinski definition) is 1. The van der Waals surface area contributed by atoms with Gasteiger partial charge < -0.3 is 4.90 Å². The molecule has 0 aromatic heterocycles. The van der Waals surface area contributed by atoms with Crippen LogP contribution < -0.4 is 9.62 Å². The zero-order valence-electron chi connectivity index (χ0n) is 15.1. The van der Waals surface area contributed by atoms with Crippen molar-refractivity contribution in [1.82, 2.24) is 4.72 Å². The number of thioether (sulfide) groups is 1. The van der Waals surface area contributed by atoms with E-state index >= 15 is 0 Å². The Bertz CT molecular complexity index is 971. The van der Waals surface area contributed by atoms with Crippen molar-refractivity contribution in [2.24, 2.45) is 0 Å². The molecular weight excluding hydrogens is 392 g/mol. The third-order valence-corrected chi connectivity index (χ3v) is 7.48. The third kappa shape index (κ3) is 5.60. The smallest absolute Gasteiger partial charge is 0.241 e. The molecule has 0 radical (unpaired) electrons. The highest BCUT2D eigenvalue weighted by molar-refractivity contribution is 8.00. The fourth-order valence-electron chi connectivity index (χ4n) is 2.53. The van der Waals surface area contributed by atoms with Gasteiger partial charge in [0.15, 0.2) is 0 Å². The molecule has 144 valence electrons. The molecule has 1 N–H and O–H groups in total. The number of nitrogens with zero attached hydrogens (tertiary/aromatic N) is 1. The lowest BCUT2D eigenvalue weighted by molar-refractivity contribution is 0.585. The zero-order valence-corrected chi connectivity index (χ0v) is 17.5. The first-order valence-electron chi connectivity index (χ1n) is 8.06. The Morgan fingerprint density at radius 2 is 1.62 bits per heavy atom. The number of fused-ring (bicyclic) bond motifs is 1. The van der Waals surface area contributed by atoms with Gasteiger partial charge in [0.05, 0.1) is 10.6 Å². The van der Waals surface area contributed by atoms with Crippen molar-refractivity contribution < 1.29 is 16.8 Å². The molecule has 0 saturated heterocycles. The summed E-state index contributed by atoms with van der Waals surface area (Å²) in [7, 11) is -2.79. The Kier molecular flexibility index (Phi) is 6.95. The minimum Gasteiger partial charge on any atom is -0.377 e. The predicted octanol–water partition coefficient (Wildman–Crippen LogP) is 1.96. The molecule has 0 spiro atoms. The van der Waals surface area contributed by atoms with Gasteiger partial charge in [-0.3, -0.25) is 0 Å². The summed E-state index contributed by atoms with van der Waals surface area (Å²) >= 11 is 1.41. The maximum absolute atomic E-state index is 12.7. The van der Waals surface area contributed by atoms with Gasteiger partial charge in [-0.1, -0.05) is 24.3 Å². The monoisotopic (exact) mass is 416 g/mol. The molecule has 6 nitrogen and oxygen atoms in total. The largest absolute Gasteiger partial charge is 0.377 e. The summed E-state index contributed by atoms with van der Waals surface area (Å²) in [6, 6.07) is 10.8. The summed E-state index contributed by atoms with van der Waals surface area (Å²) in [4.78, 5) is 2.20. The average molecular weight is 417 g/mol. The third-order valence-electron chi connectivity index (χ3n) is 3.77. The van der Waals surface area contributed by atoms with Crippen molar-refractivity contribution in [3.8, 4) is 0 Å². The van der Waals surface area contributed by atoms with Crippen molar-refractivity contribution in [2.75, 3.05) is 49.1 Å². The fourth-order valence-corrected chi connectivity index (χ4v) is 6.04. The first-order valence-corrected chi connectivity index (χ1v) is 12.8. The normalized spacial score (nSPS) is 12.4. The van der Waals surface area contributed by atoms with Crippen LogP contribution in [0, 0.1) is 0 Å². The van der Waals surface area contributed by atoms with Crippen LogP contribution in [0.5, 0.6) is 0 Å². The maximum atomic E-state index is 12.7. The fraction of sp³-hybridized carbons (Fsp3) is 0.412. The molecular formula is C17H24N2O4S3. The van der Waals surface area contributed by atoms with Gasteiger partial charge in [-0.2, -0.15) is 11.8 Å². The molecule has 0 heterocycles. The lowest BCUT2D eigenvalue weighted by Gasteiger charge is -2.17. The summed E-state index contributed by atoms with van der Waals surface area (Å²) in [6.45, 7) is 0.251. The Labute approximate surface area is 159 Å². The summed E-state index contributed by atoms with van der Waals surface area (Å²) in [5.74, 6) is 1.07. The SMILES string of the molecule is CN(C)c1cccc2c(S(=O)(=O)NCCSCCS(C)(=O)=O)cccc12. The maximum Gasteiger partial charge on any atom is 0.241 e. The molecule has 0 fully saturated rings. The van der Waals surface area contributed by atoms with Gasteiger partial charge in [0.25, 0.3) is 0 Å². The van der Waals surface area contributed by atoms with Crippen molar-refractivity contribution in [1.29, 1.82) is 0 Å². The second-order valence-corrected chi connectivity index (χ2v) is 11.4. The van der Waals surface area contributed by atoms with Gasteiger partial charge in [0, 0.05) is 54.9 Å². The van der Waals surface area contributed by atoms with Gasteiger partial charge in [0.2, 0.25) is 10.0 Å². The number of rotatable bonds is 9. The Morgan fingerprint density at radius 1 is 0.962 bits per heavy atom. The number of nitrogens with one attached hydrogen (secondary N) is 1. The van der Waals surface area contributed by atoms with Gasteiger partial charge in [-0.15, -0.1) is 0 Å². The molecule has 2 aromatic rings. The number of benzene rings is 2. The van der Waals surface area contributed by atoms with Gasteiger partial charge in [0.1, 0.15) is 9.84 Å². The van der Waals surface area contributed by atoms with E-state index in [9.17, 15) is 16.8 Å². The molecule has 0 aliphatic rings. The van der Waals surface area contributed by atoms with Crippen LogP contribution in [-0.4, -0.2) is 61.0 Å². The van der Waals surface area contributed by atoms with Crippen molar-refractivity contribution in [3.05, 3.63) is 36.4 Å². The minimum atomic E-state index is -3.65. The van der Waals surface area contributed by atoms with Crippen molar-refractivity contribution >= 4 is 48.1 Å². The molecule has 26 heavy (non-hydrogen) atoms. The quantitative estimate of drug-likeness (QED) is 0.629. The van der Waals surface area contributed by atoms with Crippen LogP contribution in [0.1, 0.15) is 0 Å². The molecule has 9 heteroatoms. The van der Waals surface area contributed by atoms with Gasteiger partial charge in [-0.05, 0) is 12.1 Å². The lowest BCUT2D eigenvalue weighted by atomic mass is 10.1. The van der Waals surface area contributed by atoms with Crippen molar-refractivity contribution in [2.45, 2.75) is 4.90 Å². The number of hydrogen-bond acceptors (Lipinski definition) is 6. The Morgan fingerprint density at radius 3 is 2.27 bits per heavy atom. The molecule has 0 bridgehead atoms. The Balaban J connectivity index is 2.11. The molecule has 2 rings (SSSR count). The number of sulfone groups is 1. The predicted molar refractivity (Wildman–Crippen MR) is 110 cm³/mol. The van der Waals surface area contributed by atoms with E-state index in [0.717, 1.165) is 11.1 Å². The Hall–Kier alpha value is -1.29. The van der Waals surface area contributed by atoms with E-state index < -0.39 is 19.9 Å². The van der Waals surface area contributed by atoms with Crippen molar-refractivity contribution in [3.63, 3.8) is 0 Å². The van der Waals surface area contributed by atoms with Gasteiger partial charge >= 0.3 is 0 Å². The number of sulfonamides is 1. The van der Waals surface area contributed by atoms with E-state index in [0.29, 0.717) is 16.9 Å². The average Bonchev–Trinajstić information content (AvgIpc) is 2.55. The first kappa shape index (κ1) is 21.0. The minimum absolute atomic E-state index is 0.0983. The first-order chi connectivity index (χ1) is 12.1. The highest BCUT2D eigenvalue weighted by Gasteiger charge is 2.18. The van der Waals surface area contributed by atoms with E-state index in [1.54, 1.807) is 18.2 Å². The summed E-state index contributed by atoms with van der Waals surface area (Å²) in [6.07, 6.45) is 1.19.